The van der Waals surface area contributed by atoms with Crippen molar-refractivity contribution in [3.63, 3.8) is 0 Å². The van der Waals surface area contributed by atoms with Crippen molar-refractivity contribution >= 4 is 29.8 Å². The molecule has 12 nitrogen and oxygen atoms in total. The molecular formula is C22H26O12. The van der Waals surface area contributed by atoms with Gasteiger partial charge in [0.15, 0.2) is 18.8 Å². The van der Waals surface area contributed by atoms with E-state index in [1.54, 1.807) is 30.3 Å². The molecule has 1 aromatic rings. The number of hydrogen-bond acceptors (Lipinski definition) is 12. The summed E-state index contributed by atoms with van der Waals surface area (Å²) >= 11 is 0. The summed E-state index contributed by atoms with van der Waals surface area (Å²) in [5.41, 5.74) is 0. The molecule has 1 heterocycles. The average Bonchev–Trinajstić information content (AvgIpc) is 2.74. The number of carbonyl (C=O) groups is 5. The lowest BCUT2D eigenvalue weighted by Gasteiger charge is -2.43. The second-order valence-electron chi connectivity index (χ2n) is 7.16. The highest BCUT2D eigenvalue weighted by molar-refractivity contribution is 5.72. The molecule has 186 valence electrons. The van der Waals surface area contributed by atoms with Gasteiger partial charge in [-0.3, -0.25) is 19.2 Å². The van der Waals surface area contributed by atoms with Crippen molar-refractivity contribution < 1.29 is 57.1 Å². The molecule has 0 amide bonds. The van der Waals surface area contributed by atoms with Crippen LogP contribution in [0, 0.1) is 0 Å². The highest BCUT2D eigenvalue weighted by Gasteiger charge is 2.53. The molecule has 0 saturated carbocycles. The van der Waals surface area contributed by atoms with E-state index < -0.39 is 73.8 Å². The molecule has 0 spiro atoms. The van der Waals surface area contributed by atoms with Gasteiger partial charge in [-0.2, -0.15) is 0 Å². The molecule has 0 radical (unpaired) electrons. The fraction of sp³-hybridized carbons (Fsp3) is 0.500. The minimum atomic E-state index is -1.55. The standard InChI is InChI=1S/C22H26O12/c1-12(23)28-10-17-19(30-13(2)24)20(21(31-14(3)25)22(33-17)32-15(4)26)34-18(27)11-29-16-8-6-5-7-9-16/h5-9,17,19-22H,10-11H2,1-4H3/t17-,19-,20+,21+,22+/m1/s1. The van der Waals surface area contributed by atoms with E-state index in [2.05, 4.69) is 0 Å². The minimum absolute atomic E-state index is 0.394. The van der Waals surface area contributed by atoms with E-state index in [0.29, 0.717) is 5.75 Å². The molecule has 1 aliphatic heterocycles. The van der Waals surface area contributed by atoms with E-state index in [1.165, 1.54) is 0 Å². The van der Waals surface area contributed by atoms with Gasteiger partial charge >= 0.3 is 29.8 Å². The Bertz CT molecular complexity index is 883. The van der Waals surface area contributed by atoms with Gasteiger partial charge in [0.1, 0.15) is 18.5 Å². The molecule has 1 fully saturated rings. The Kier molecular flexibility index (Phi) is 9.80. The topological polar surface area (TPSA) is 150 Å². The van der Waals surface area contributed by atoms with Gasteiger partial charge in [0, 0.05) is 27.7 Å². The van der Waals surface area contributed by atoms with Crippen LogP contribution in [0.2, 0.25) is 0 Å². The van der Waals surface area contributed by atoms with Crippen LogP contribution in [-0.2, 0) is 52.4 Å². The maximum Gasteiger partial charge on any atom is 0.344 e. The van der Waals surface area contributed by atoms with Crippen molar-refractivity contribution in [1.82, 2.24) is 0 Å². The Morgan fingerprint density at radius 1 is 0.735 bits per heavy atom. The largest absolute Gasteiger partial charge is 0.482 e. The van der Waals surface area contributed by atoms with Crippen LogP contribution in [0.5, 0.6) is 5.75 Å². The highest BCUT2D eigenvalue weighted by Crippen LogP contribution is 2.30. The number of carbonyl (C=O) groups excluding carboxylic acids is 5. The second kappa shape index (κ2) is 12.5. The third-order valence-corrected chi connectivity index (χ3v) is 4.30. The van der Waals surface area contributed by atoms with E-state index in [4.69, 9.17) is 33.2 Å². The lowest BCUT2D eigenvalue weighted by atomic mass is 9.98. The smallest absolute Gasteiger partial charge is 0.344 e. The van der Waals surface area contributed by atoms with E-state index in [0.717, 1.165) is 27.7 Å². The molecule has 5 atom stereocenters. The molecule has 34 heavy (non-hydrogen) atoms. The Labute approximate surface area is 195 Å². The molecule has 0 N–H and O–H groups in total. The Hall–Kier alpha value is -3.67. The minimum Gasteiger partial charge on any atom is -0.482 e. The monoisotopic (exact) mass is 482 g/mol. The van der Waals surface area contributed by atoms with Crippen LogP contribution < -0.4 is 4.74 Å². The molecule has 1 aromatic carbocycles. The number of ether oxygens (including phenoxy) is 7. The number of esters is 5. The fourth-order valence-corrected chi connectivity index (χ4v) is 3.10. The summed E-state index contributed by atoms with van der Waals surface area (Å²) in [5, 5.41) is 0. The maximum absolute atomic E-state index is 12.6. The van der Waals surface area contributed by atoms with E-state index in [-0.39, 0.29) is 0 Å². The predicted molar refractivity (Wildman–Crippen MR) is 110 cm³/mol. The number of para-hydroxylation sites is 1. The summed E-state index contributed by atoms with van der Waals surface area (Å²) in [6.07, 6.45) is -7.15. The third kappa shape index (κ3) is 8.35. The molecule has 12 heteroatoms. The Morgan fingerprint density at radius 2 is 1.32 bits per heavy atom. The van der Waals surface area contributed by atoms with Crippen molar-refractivity contribution in [2.24, 2.45) is 0 Å². The summed E-state index contributed by atoms with van der Waals surface area (Å²) < 4.78 is 37.0. The van der Waals surface area contributed by atoms with Gasteiger partial charge < -0.3 is 33.2 Å². The van der Waals surface area contributed by atoms with Crippen LogP contribution in [0.4, 0.5) is 0 Å². The van der Waals surface area contributed by atoms with Crippen LogP contribution in [0.1, 0.15) is 27.7 Å². The molecule has 0 bridgehead atoms. The summed E-state index contributed by atoms with van der Waals surface area (Å²) in [6, 6.07) is 8.42. The summed E-state index contributed by atoms with van der Waals surface area (Å²) in [5.74, 6) is -3.57. The highest BCUT2D eigenvalue weighted by atomic mass is 16.7. The van der Waals surface area contributed by atoms with E-state index in [1.807, 2.05) is 0 Å². The van der Waals surface area contributed by atoms with Gasteiger partial charge in [-0.05, 0) is 12.1 Å². The molecule has 1 aliphatic rings. The zero-order valence-electron chi connectivity index (χ0n) is 19.1. The summed E-state index contributed by atoms with van der Waals surface area (Å²) in [4.78, 5) is 59.1. The first-order valence-corrected chi connectivity index (χ1v) is 10.2. The first-order chi connectivity index (χ1) is 16.1. The van der Waals surface area contributed by atoms with Crippen LogP contribution in [0.25, 0.3) is 0 Å². The Morgan fingerprint density at radius 3 is 1.88 bits per heavy atom. The van der Waals surface area contributed by atoms with Crippen LogP contribution >= 0.6 is 0 Å². The van der Waals surface area contributed by atoms with E-state index in [9.17, 15) is 24.0 Å². The number of rotatable bonds is 9. The van der Waals surface area contributed by atoms with Crippen molar-refractivity contribution in [3.8, 4) is 5.75 Å². The van der Waals surface area contributed by atoms with Gasteiger partial charge in [-0.25, -0.2) is 4.79 Å². The fourth-order valence-electron chi connectivity index (χ4n) is 3.10. The van der Waals surface area contributed by atoms with Crippen molar-refractivity contribution in [2.75, 3.05) is 13.2 Å². The first-order valence-electron chi connectivity index (χ1n) is 10.2. The Balaban J connectivity index is 2.33. The number of hydrogen-bond donors (Lipinski definition) is 0. The van der Waals surface area contributed by atoms with Crippen LogP contribution in [0.3, 0.4) is 0 Å². The maximum atomic E-state index is 12.6. The van der Waals surface area contributed by atoms with Gasteiger partial charge in [-0.1, -0.05) is 18.2 Å². The van der Waals surface area contributed by atoms with Gasteiger partial charge in [0.05, 0.1) is 0 Å². The summed E-state index contributed by atoms with van der Waals surface area (Å²) in [6.45, 7) is 3.43. The molecule has 0 aromatic heterocycles. The molecule has 0 aliphatic carbocycles. The van der Waals surface area contributed by atoms with Crippen LogP contribution in [0.15, 0.2) is 30.3 Å². The quantitative estimate of drug-likeness (QED) is 0.360. The van der Waals surface area contributed by atoms with Gasteiger partial charge in [-0.15, -0.1) is 0 Å². The summed E-state index contributed by atoms with van der Waals surface area (Å²) in [7, 11) is 0. The van der Waals surface area contributed by atoms with Crippen molar-refractivity contribution in [3.05, 3.63) is 30.3 Å². The van der Waals surface area contributed by atoms with Crippen LogP contribution in [-0.4, -0.2) is 73.8 Å². The molecule has 0 unspecified atom stereocenters. The molecular weight excluding hydrogens is 456 g/mol. The first kappa shape index (κ1) is 26.6. The van der Waals surface area contributed by atoms with Crippen molar-refractivity contribution in [1.29, 1.82) is 0 Å². The zero-order valence-corrected chi connectivity index (χ0v) is 19.1. The predicted octanol–water partition coefficient (Wildman–Crippen LogP) is 0.692. The van der Waals surface area contributed by atoms with Gasteiger partial charge in [0.2, 0.25) is 12.4 Å². The second-order valence-corrected chi connectivity index (χ2v) is 7.16. The SMILES string of the molecule is CC(=O)OC[C@H]1O[C@H](OC(C)=O)[C@@H](OC(C)=O)[C@@H](OC(=O)COc2ccccc2)[C@@H]1OC(C)=O. The van der Waals surface area contributed by atoms with E-state index >= 15 is 0 Å². The lowest BCUT2D eigenvalue weighted by molar-refractivity contribution is -0.300. The normalized spacial score (nSPS) is 23.7. The van der Waals surface area contributed by atoms with Gasteiger partial charge in [0.25, 0.3) is 0 Å². The zero-order chi connectivity index (χ0) is 25.3. The third-order valence-electron chi connectivity index (χ3n) is 4.30. The number of benzene rings is 1. The van der Waals surface area contributed by atoms with Crippen molar-refractivity contribution in [2.45, 2.75) is 58.4 Å². The lowest BCUT2D eigenvalue weighted by Crippen LogP contribution is -2.63. The molecule has 1 saturated heterocycles. The molecule has 2 rings (SSSR count). The average molecular weight is 482 g/mol.